The highest BCUT2D eigenvalue weighted by atomic mass is 16.5. The lowest BCUT2D eigenvalue weighted by Crippen LogP contribution is -2.61. The molecule has 1 aliphatic heterocycles. The molecule has 3 rings (SSSR count). The summed E-state index contributed by atoms with van der Waals surface area (Å²) < 4.78 is 5.07. The number of nitrogens with zero attached hydrogens (tertiary/aromatic N) is 4. The number of H-pyrrole nitrogens is 1. The van der Waals surface area contributed by atoms with Gasteiger partial charge in [0.15, 0.2) is 5.65 Å². The Morgan fingerprint density at radius 1 is 1.45 bits per heavy atom. The number of carbonyl (C=O) groups is 2. The van der Waals surface area contributed by atoms with Gasteiger partial charge in [0.1, 0.15) is 11.3 Å². The zero-order valence-corrected chi connectivity index (χ0v) is 17.4. The quantitative estimate of drug-likeness (QED) is 0.709. The van der Waals surface area contributed by atoms with E-state index in [0.717, 1.165) is 0 Å². The van der Waals surface area contributed by atoms with Crippen LogP contribution in [0, 0.1) is 0 Å². The zero-order chi connectivity index (χ0) is 21.2. The van der Waals surface area contributed by atoms with Crippen molar-refractivity contribution in [3.05, 3.63) is 30.6 Å². The fourth-order valence-corrected chi connectivity index (χ4v) is 3.67. The summed E-state index contributed by atoms with van der Waals surface area (Å²) in [6, 6.07) is -0.120. The van der Waals surface area contributed by atoms with E-state index in [9.17, 15) is 9.59 Å². The molecule has 0 bridgehead atoms. The molecule has 2 aromatic rings. The maximum Gasteiger partial charge on any atom is 0.255 e. The fraction of sp³-hybridized carbons (Fsp3) is 0.500. The largest absolute Gasteiger partial charge is 0.383 e. The molecule has 0 saturated carbocycles. The number of ether oxygens (including phenoxy) is 1. The smallest absolute Gasteiger partial charge is 0.255 e. The Kier molecular flexibility index (Phi) is 5.88. The van der Waals surface area contributed by atoms with Crippen molar-refractivity contribution < 1.29 is 14.3 Å². The Morgan fingerprint density at radius 2 is 2.21 bits per heavy atom. The summed E-state index contributed by atoms with van der Waals surface area (Å²) in [7, 11) is 1.59. The monoisotopic (exact) mass is 400 g/mol. The highest BCUT2D eigenvalue weighted by Gasteiger charge is 2.36. The molecule has 2 amide bonds. The average Bonchev–Trinajstić information content (AvgIpc) is 3.10. The van der Waals surface area contributed by atoms with Gasteiger partial charge in [0, 0.05) is 39.0 Å². The van der Waals surface area contributed by atoms with Crippen molar-refractivity contribution in [3.63, 3.8) is 0 Å². The molecule has 156 valence electrons. The van der Waals surface area contributed by atoms with E-state index in [2.05, 4.69) is 26.8 Å². The number of aromatic amines is 1. The lowest BCUT2D eigenvalue weighted by atomic mass is 9.98. The molecule has 0 aliphatic carbocycles. The lowest BCUT2D eigenvalue weighted by Gasteiger charge is -2.47. The number of piperazine rings is 1. The molecular formula is C20H28N6O3. The van der Waals surface area contributed by atoms with Gasteiger partial charge in [-0.1, -0.05) is 6.58 Å². The molecule has 1 fully saturated rings. The minimum atomic E-state index is -0.381. The lowest BCUT2D eigenvalue weighted by molar-refractivity contribution is -0.131. The molecule has 2 aromatic heterocycles. The third-order valence-corrected chi connectivity index (χ3v) is 5.07. The molecule has 1 atom stereocenters. The number of carbonyl (C=O) groups excluding carboxylic acids is 2. The first-order chi connectivity index (χ1) is 13.8. The van der Waals surface area contributed by atoms with E-state index in [1.807, 2.05) is 25.7 Å². The van der Waals surface area contributed by atoms with E-state index in [0.29, 0.717) is 48.8 Å². The summed E-state index contributed by atoms with van der Waals surface area (Å²) >= 11 is 0. The third-order valence-electron chi connectivity index (χ3n) is 5.07. The molecule has 9 nitrogen and oxygen atoms in total. The Bertz CT molecular complexity index is 922. The van der Waals surface area contributed by atoms with Gasteiger partial charge in [-0.15, -0.1) is 0 Å². The highest BCUT2D eigenvalue weighted by Crippen LogP contribution is 2.26. The molecule has 0 aromatic carbocycles. The van der Waals surface area contributed by atoms with Crippen molar-refractivity contribution in [2.75, 3.05) is 38.3 Å². The van der Waals surface area contributed by atoms with Crippen molar-refractivity contribution in [2.24, 2.45) is 0 Å². The zero-order valence-electron chi connectivity index (χ0n) is 17.4. The van der Waals surface area contributed by atoms with Gasteiger partial charge < -0.3 is 24.8 Å². The van der Waals surface area contributed by atoms with Crippen LogP contribution in [0.3, 0.4) is 0 Å². The van der Waals surface area contributed by atoms with E-state index >= 15 is 0 Å². The number of amides is 2. The van der Waals surface area contributed by atoms with Crippen LogP contribution in [0.4, 0.5) is 5.82 Å². The number of methoxy groups -OCH3 is 1. The minimum absolute atomic E-state index is 0.0778. The van der Waals surface area contributed by atoms with Crippen molar-refractivity contribution in [3.8, 4) is 0 Å². The fourth-order valence-electron chi connectivity index (χ4n) is 3.67. The SMILES string of the molecule is C=CC(=O)N1CCN(c2cnc3[nH]cc(C(=O)N[C@@H](C)COC)c3n2)CC1(C)C. The molecule has 9 heteroatoms. The van der Waals surface area contributed by atoms with E-state index in [1.165, 1.54) is 6.08 Å². The van der Waals surface area contributed by atoms with Crippen molar-refractivity contribution in [1.82, 2.24) is 25.2 Å². The Balaban J connectivity index is 1.84. The minimum Gasteiger partial charge on any atom is -0.383 e. The highest BCUT2D eigenvalue weighted by molar-refractivity contribution is 6.04. The molecule has 1 saturated heterocycles. The van der Waals surface area contributed by atoms with Crippen LogP contribution in [-0.4, -0.2) is 76.6 Å². The molecule has 0 unspecified atom stereocenters. The average molecular weight is 400 g/mol. The van der Waals surface area contributed by atoms with Crippen LogP contribution >= 0.6 is 0 Å². The van der Waals surface area contributed by atoms with E-state index in [-0.39, 0.29) is 23.4 Å². The second kappa shape index (κ2) is 8.20. The summed E-state index contributed by atoms with van der Waals surface area (Å²) in [5.41, 5.74) is 1.13. The first kappa shape index (κ1) is 20.8. The number of aromatic nitrogens is 3. The van der Waals surface area contributed by atoms with Gasteiger partial charge in [-0.2, -0.15) is 0 Å². The number of anilines is 1. The van der Waals surface area contributed by atoms with Gasteiger partial charge in [-0.25, -0.2) is 9.97 Å². The predicted octanol–water partition coefficient (Wildman–Crippen LogP) is 1.34. The van der Waals surface area contributed by atoms with Crippen LogP contribution in [0.2, 0.25) is 0 Å². The third kappa shape index (κ3) is 4.24. The molecular weight excluding hydrogens is 372 g/mol. The topological polar surface area (TPSA) is 103 Å². The van der Waals surface area contributed by atoms with Gasteiger partial charge in [-0.05, 0) is 26.8 Å². The predicted molar refractivity (Wildman–Crippen MR) is 111 cm³/mol. The van der Waals surface area contributed by atoms with Gasteiger partial charge >= 0.3 is 0 Å². The van der Waals surface area contributed by atoms with Crippen molar-refractivity contribution in [1.29, 1.82) is 0 Å². The van der Waals surface area contributed by atoms with Crippen molar-refractivity contribution >= 4 is 28.8 Å². The Labute approximate surface area is 170 Å². The molecule has 29 heavy (non-hydrogen) atoms. The van der Waals surface area contributed by atoms with E-state index in [1.54, 1.807) is 19.5 Å². The van der Waals surface area contributed by atoms with Crippen molar-refractivity contribution in [2.45, 2.75) is 32.4 Å². The first-order valence-corrected chi connectivity index (χ1v) is 9.59. The number of hydrogen-bond donors (Lipinski definition) is 2. The first-order valence-electron chi connectivity index (χ1n) is 9.59. The van der Waals surface area contributed by atoms with Crippen LogP contribution in [0.25, 0.3) is 11.2 Å². The van der Waals surface area contributed by atoms with E-state index < -0.39 is 0 Å². The van der Waals surface area contributed by atoms with Crippen LogP contribution in [-0.2, 0) is 9.53 Å². The number of rotatable bonds is 6. The molecule has 3 heterocycles. The van der Waals surface area contributed by atoms with Gasteiger partial charge in [0.25, 0.3) is 5.91 Å². The summed E-state index contributed by atoms with van der Waals surface area (Å²) in [5, 5.41) is 2.89. The van der Waals surface area contributed by atoms with Gasteiger partial charge in [0.2, 0.25) is 5.91 Å². The summed E-state index contributed by atoms with van der Waals surface area (Å²) in [5.74, 6) is 0.370. The maximum atomic E-state index is 12.6. The van der Waals surface area contributed by atoms with E-state index in [4.69, 9.17) is 9.72 Å². The van der Waals surface area contributed by atoms with Gasteiger partial charge in [0.05, 0.1) is 23.9 Å². The van der Waals surface area contributed by atoms with Crippen LogP contribution in [0.5, 0.6) is 0 Å². The van der Waals surface area contributed by atoms with Crippen LogP contribution in [0.1, 0.15) is 31.1 Å². The Hall–Kier alpha value is -2.94. The molecule has 1 aliphatic rings. The normalized spacial score (nSPS) is 17.2. The number of fused-ring (bicyclic) bond motifs is 1. The molecule has 0 spiro atoms. The van der Waals surface area contributed by atoms with Crippen LogP contribution in [0.15, 0.2) is 25.0 Å². The second-order valence-electron chi connectivity index (χ2n) is 7.89. The standard InChI is InChI=1S/C20H28N6O3/c1-6-16(27)26-8-7-25(12-20(26,3)4)15-10-22-18-17(24-15)14(9-21-18)19(28)23-13(2)11-29-5/h6,9-10,13H,1,7-8,11-12H2,2-5H3,(H,21,22)(H,23,28)/t13-/m0/s1. The Morgan fingerprint density at radius 3 is 2.86 bits per heavy atom. The molecule has 2 N–H and O–H groups in total. The summed E-state index contributed by atoms with van der Waals surface area (Å²) in [6.45, 7) is 11.7. The van der Waals surface area contributed by atoms with Gasteiger partial charge in [-0.3, -0.25) is 9.59 Å². The van der Waals surface area contributed by atoms with Crippen LogP contribution < -0.4 is 10.2 Å². The summed E-state index contributed by atoms with van der Waals surface area (Å²) in [6.07, 6.45) is 4.65. The number of hydrogen-bond acceptors (Lipinski definition) is 6. The number of nitrogens with one attached hydrogen (secondary N) is 2. The second-order valence-corrected chi connectivity index (χ2v) is 7.89. The maximum absolute atomic E-state index is 12.6. The molecule has 0 radical (unpaired) electrons. The summed E-state index contributed by atoms with van der Waals surface area (Å²) in [4.78, 5) is 40.8.